The van der Waals surface area contributed by atoms with E-state index in [9.17, 15) is 9.50 Å². The van der Waals surface area contributed by atoms with Crippen LogP contribution in [0.15, 0.2) is 18.2 Å². The summed E-state index contributed by atoms with van der Waals surface area (Å²) in [7, 11) is 1.87. The Labute approximate surface area is 126 Å². The van der Waals surface area contributed by atoms with E-state index in [-0.39, 0.29) is 5.82 Å². The van der Waals surface area contributed by atoms with E-state index in [0.717, 1.165) is 37.4 Å². The van der Waals surface area contributed by atoms with Crippen LogP contribution in [0.4, 0.5) is 10.1 Å². The normalized spacial score (nSPS) is 17.3. The van der Waals surface area contributed by atoms with Crippen molar-refractivity contribution in [2.45, 2.75) is 26.0 Å². The number of piperazine rings is 1. The lowest BCUT2D eigenvalue weighted by Gasteiger charge is -2.39. The molecule has 0 bridgehead atoms. The van der Waals surface area contributed by atoms with Crippen molar-refractivity contribution in [1.82, 2.24) is 10.2 Å². The molecular weight excluding hydrogens is 269 g/mol. The Bertz CT molecular complexity index is 465. The molecule has 0 radical (unpaired) electrons. The van der Waals surface area contributed by atoms with Crippen LogP contribution in [-0.4, -0.2) is 55.4 Å². The molecule has 0 aromatic heterocycles. The van der Waals surface area contributed by atoms with E-state index in [0.29, 0.717) is 13.1 Å². The molecule has 1 aromatic carbocycles. The third-order valence-corrected chi connectivity index (χ3v) is 3.73. The number of β-amino-alcohol motifs (C(OH)–C–C–N with tert-alkyl or cyclic N) is 1. The van der Waals surface area contributed by atoms with Crippen LogP contribution in [0.5, 0.6) is 0 Å². The molecule has 0 saturated carbocycles. The molecule has 0 unspecified atom stereocenters. The van der Waals surface area contributed by atoms with Gasteiger partial charge in [0, 0.05) is 45.0 Å². The average Bonchev–Trinajstić information content (AvgIpc) is 2.39. The van der Waals surface area contributed by atoms with Crippen molar-refractivity contribution in [1.29, 1.82) is 0 Å². The van der Waals surface area contributed by atoms with Crippen LogP contribution >= 0.6 is 0 Å². The third-order valence-electron chi connectivity index (χ3n) is 3.73. The highest BCUT2D eigenvalue weighted by Crippen LogP contribution is 2.23. The molecule has 2 rings (SSSR count). The van der Waals surface area contributed by atoms with Gasteiger partial charge in [-0.15, -0.1) is 0 Å². The second kappa shape index (κ2) is 6.73. The summed E-state index contributed by atoms with van der Waals surface area (Å²) in [6.45, 7) is 8.66. The van der Waals surface area contributed by atoms with Crippen LogP contribution in [0, 0.1) is 5.82 Å². The smallest absolute Gasteiger partial charge is 0.123 e. The first-order chi connectivity index (χ1) is 9.89. The number of nitrogens with one attached hydrogen (secondary N) is 1. The fourth-order valence-electron chi connectivity index (χ4n) is 2.89. The van der Waals surface area contributed by atoms with Gasteiger partial charge in [0.05, 0.1) is 5.60 Å². The molecule has 0 spiro atoms. The molecule has 4 nitrogen and oxygen atoms in total. The number of hydrogen-bond donors (Lipinski definition) is 2. The number of aliphatic hydroxyl groups is 1. The van der Waals surface area contributed by atoms with Crippen molar-refractivity contribution >= 4 is 5.69 Å². The number of halogens is 1. The second-order valence-electron chi connectivity index (χ2n) is 6.38. The van der Waals surface area contributed by atoms with Crippen LogP contribution < -0.4 is 10.2 Å². The lowest BCUT2D eigenvalue weighted by molar-refractivity contribution is 0.0345. The molecular formula is C16H26FN3O. The minimum absolute atomic E-state index is 0.190. The zero-order valence-electron chi connectivity index (χ0n) is 13.2. The highest BCUT2D eigenvalue weighted by atomic mass is 19.1. The van der Waals surface area contributed by atoms with Crippen molar-refractivity contribution in [2.24, 2.45) is 0 Å². The van der Waals surface area contributed by atoms with E-state index in [4.69, 9.17) is 0 Å². The second-order valence-corrected chi connectivity index (χ2v) is 6.38. The van der Waals surface area contributed by atoms with Crippen molar-refractivity contribution in [3.8, 4) is 0 Å². The van der Waals surface area contributed by atoms with Gasteiger partial charge in [0.25, 0.3) is 0 Å². The molecule has 2 N–H and O–H groups in total. The molecule has 0 aliphatic carbocycles. The maximum atomic E-state index is 13.4. The average molecular weight is 295 g/mol. The topological polar surface area (TPSA) is 38.7 Å². The summed E-state index contributed by atoms with van der Waals surface area (Å²) >= 11 is 0. The summed E-state index contributed by atoms with van der Waals surface area (Å²) in [6, 6.07) is 5.00. The molecule has 1 aliphatic rings. The number of nitrogens with zero attached hydrogens (tertiary/aromatic N) is 2. The zero-order chi connectivity index (χ0) is 15.5. The molecule has 1 aromatic rings. The predicted molar refractivity (Wildman–Crippen MR) is 84.1 cm³/mol. The molecule has 1 saturated heterocycles. The van der Waals surface area contributed by atoms with Gasteiger partial charge < -0.3 is 15.3 Å². The first kappa shape index (κ1) is 16.2. The summed E-state index contributed by atoms with van der Waals surface area (Å²) in [4.78, 5) is 4.57. The van der Waals surface area contributed by atoms with Crippen molar-refractivity contribution in [3.63, 3.8) is 0 Å². The molecule has 0 atom stereocenters. The number of rotatable bonds is 5. The SMILES string of the molecule is CNCc1cc(F)ccc1N1CCN(CC(C)(C)O)CC1. The lowest BCUT2D eigenvalue weighted by Crippen LogP contribution is -2.50. The standard InChI is InChI=1S/C16H26FN3O/c1-16(2,21)12-19-6-8-20(9-7-19)15-5-4-14(17)10-13(15)11-18-3/h4-5,10,18,21H,6-9,11-12H2,1-3H3. The van der Waals surface area contributed by atoms with Gasteiger partial charge in [-0.3, -0.25) is 4.90 Å². The van der Waals surface area contributed by atoms with Gasteiger partial charge in [-0.25, -0.2) is 4.39 Å². The number of hydrogen-bond acceptors (Lipinski definition) is 4. The van der Waals surface area contributed by atoms with E-state index in [1.807, 2.05) is 27.0 Å². The molecule has 1 heterocycles. The van der Waals surface area contributed by atoms with Gasteiger partial charge >= 0.3 is 0 Å². The first-order valence-corrected chi connectivity index (χ1v) is 7.52. The highest BCUT2D eigenvalue weighted by molar-refractivity contribution is 5.54. The van der Waals surface area contributed by atoms with Crippen LogP contribution in [0.2, 0.25) is 0 Å². The molecule has 1 fully saturated rings. The Morgan fingerprint density at radius 2 is 1.90 bits per heavy atom. The monoisotopic (exact) mass is 295 g/mol. The molecule has 21 heavy (non-hydrogen) atoms. The van der Waals surface area contributed by atoms with E-state index in [2.05, 4.69) is 15.1 Å². The van der Waals surface area contributed by atoms with Gasteiger partial charge in [0.2, 0.25) is 0 Å². The van der Waals surface area contributed by atoms with Crippen LogP contribution in [0.3, 0.4) is 0 Å². The first-order valence-electron chi connectivity index (χ1n) is 7.52. The van der Waals surface area contributed by atoms with Gasteiger partial charge in [-0.2, -0.15) is 0 Å². The van der Waals surface area contributed by atoms with Crippen LogP contribution in [-0.2, 0) is 6.54 Å². The van der Waals surface area contributed by atoms with Crippen molar-refractivity contribution in [2.75, 3.05) is 44.7 Å². The maximum Gasteiger partial charge on any atom is 0.123 e. The summed E-state index contributed by atoms with van der Waals surface area (Å²) in [5.74, 6) is -0.190. The summed E-state index contributed by atoms with van der Waals surface area (Å²) in [5.41, 5.74) is 1.44. The molecule has 0 amide bonds. The number of anilines is 1. The minimum Gasteiger partial charge on any atom is -0.389 e. The Hall–Kier alpha value is -1.17. The van der Waals surface area contributed by atoms with Gasteiger partial charge in [0.15, 0.2) is 0 Å². The highest BCUT2D eigenvalue weighted by Gasteiger charge is 2.23. The summed E-state index contributed by atoms with van der Waals surface area (Å²) in [6.07, 6.45) is 0. The summed E-state index contributed by atoms with van der Waals surface area (Å²) < 4.78 is 13.4. The quantitative estimate of drug-likeness (QED) is 0.862. The third kappa shape index (κ3) is 4.66. The molecule has 118 valence electrons. The van der Waals surface area contributed by atoms with Gasteiger partial charge in [-0.1, -0.05) is 0 Å². The lowest BCUT2D eigenvalue weighted by atomic mass is 10.1. The minimum atomic E-state index is -0.657. The fourth-order valence-corrected chi connectivity index (χ4v) is 2.89. The van der Waals surface area contributed by atoms with Crippen molar-refractivity contribution in [3.05, 3.63) is 29.6 Å². The van der Waals surface area contributed by atoms with Gasteiger partial charge in [-0.05, 0) is 44.7 Å². The fraction of sp³-hybridized carbons (Fsp3) is 0.625. The molecule has 1 aliphatic heterocycles. The Morgan fingerprint density at radius 3 is 2.48 bits per heavy atom. The largest absolute Gasteiger partial charge is 0.389 e. The van der Waals surface area contributed by atoms with Crippen molar-refractivity contribution < 1.29 is 9.50 Å². The van der Waals surface area contributed by atoms with E-state index < -0.39 is 5.60 Å². The van der Waals surface area contributed by atoms with Crippen LogP contribution in [0.1, 0.15) is 19.4 Å². The van der Waals surface area contributed by atoms with Crippen LogP contribution in [0.25, 0.3) is 0 Å². The Kier molecular flexibility index (Phi) is 5.19. The summed E-state index contributed by atoms with van der Waals surface area (Å²) in [5, 5.41) is 13.0. The van der Waals surface area contributed by atoms with E-state index >= 15 is 0 Å². The zero-order valence-corrected chi connectivity index (χ0v) is 13.2. The maximum absolute atomic E-state index is 13.4. The predicted octanol–water partition coefficient (Wildman–Crippen LogP) is 1.44. The Morgan fingerprint density at radius 1 is 1.24 bits per heavy atom. The number of benzene rings is 1. The molecule has 5 heteroatoms. The van der Waals surface area contributed by atoms with E-state index in [1.54, 1.807) is 6.07 Å². The Balaban J connectivity index is 2.02. The van der Waals surface area contributed by atoms with E-state index in [1.165, 1.54) is 6.07 Å². The van der Waals surface area contributed by atoms with Gasteiger partial charge in [0.1, 0.15) is 5.82 Å².